The molecular formula is C19H24N2O4S. The SMILES string of the molecule is CCC(C)(C)NC(=O)COC(=O)c1ccc(OCc2csc(C)n2)cc1. The number of ether oxygens (including phenoxy) is 2. The van der Waals surface area contributed by atoms with E-state index in [0.717, 1.165) is 17.1 Å². The van der Waals surface area contributed by atoms with Gasteiger partial charge in [0.25, 0.3) is 5.91 Å². The van der Waals surface area contributed by atoms with E-state index in [1.54, 1.807) is 35.6 Å². The number of rotatable bonds is 8. The molecule has 1 amide bonds. The first-order valence-corrected chi connectivity index (χ1v) is 9.29. The largest absolute Gasteiger partial charge is 0.487 e. The second kappa shape index (κ2) is 8.80. The number of nitrogens with zero attached hydrogens (tertiary/aromatic N) is 1. The summed E-state index contributed by atoms with van der Waals surface area (Å²) >= 11 is 1.57. The number of benzene rings is 1. The van der Waals surface area contributed by atoms with E-state index in [-0.39, 0.29) is 18.1 Å². The molecule has 0 aliphatic carbocycles. The van der Waals surface area contributed by atoms with E-state index >= 15 is 0 Å². The first-order chi connectivity index (χ1) is 12.3. The molecular weight excluding hydrogens is 352 g/mol. The van der Waals surface area contributed by atoms with Gasteiger partial charge in [-0.25, -0.2) is 9.78 Å². The van der Waals surface area contributed by atoms with E-state index in [1.165, 1.54) is 0 Å². The lowest BCUT2D eigenvalue weighted by molar-refractivity contribution is -0.125. The number of carbonyl (C=O) groups excluding carboxylic acids is 2. The third-order valence-electron chi connectivity index (χ3n) is 3.84. The van der Waals surface area contributed by atoms with Gasteiger partial charge < -0.3 is 14.8 Å². The van der Waals surface area contributed by atoms with Crippen LogP contribution in [0.4, 0.5) is 0 Å². The van der Waals surface area contributed by atoms with Crippen molar-refractivity contribution < 1.29 is 19.1 Å². The van der Waals surface area contributed by atoms with Crippen LogP contribution in [0.25, 0.3) is 0 Å². The van der Waals surface area contributed by atoms with Crippen molar-refractivity contribution >= 4 is 23.2 Å². The van der Waals surface area contributed by atoms with Crippen LogP contribution < -0.4 is 10.1 Å². The van der Waals surface area contributed by atoms with Crippen LogP contribution in [0.1, 0.15) is 48.3 Å². The summed E-state index contributed by atoms with van der Waals surface area (Å²) in [5.41, 5.74) is 0.916. The Labute approximate surface area is 157 Å². The monoisotopic (exact) mass is 376 g/mol. The Hall–Kier alpha value is -2.41. The maximum absolute atomic E-state index is 12.0. The van der Waals surface area contributed by atoms with Crippen LogP contribution in [0.3, 0.4) is 0 Å². The molecule has 0 bridgehead atoms. The highest BCUT2D eigenvalue weighted by molar-refractivity contribution is 7.09. The normalized spacial score (nSPS) is 11.1. The van der Waals surface area contributed by atoms with Gasteiger partial charge in [0.2, 0.25) is 0 Å². The van der Waals surface area contributed by atoms with Crippen molar-refractivity contribution in [3.05, 3.63) is 45.9 Å². The average molecular weight is 376 g/mol. The second-order valence-corrected chi connectivity index (χ2v) is 7.59. The number of aryl methyl sites for hydroxylation is 1. The Balaban J connectivity index is 1.81. The van der Waals surface area contributed by atoms with E-state index in [2.05, 4.69) is 10.3 Å². The second-order valence-electron chi connectivity index (χ2n) is 6.53. The average Bonchev–Trinajstić information content (AvgIpc) is 3.03. The van der Waals surface area contributed by atoms with Crippen molar-refractivity contribution in [3.8, 4) is 5.75 Å². The minimum atomic E-state index is -0.545. The van der Waals surface area contributed by atoms with Gasteiger partial charge in [-0.05, 0) is 51.5 Å². The van der Waals surface area contributed by atoms with Crippen LogP contribution in [0.5, 0.6) is 5.75 Å². The molecule has 2 aromatic rings. The fourth-order valence-electron chi connectivity index (χ4n) is 2.04. The Morgan fingerprint density at radius 1 is 1.23 bits per heavy atom. The smallest absolute Gasteiger partial charge is 0.338 e. The van der Waals surface area contributed by atoms with Crippen LogP contribution in [-0.2, 0) is 16.1 Å². The summed E-state index contributed by atoms with van der Waals surface area (Å²) in [7, 11) is 0. The molecule has 6 nitrogen and oxygen atoms in total. The highest BCUT2D eigenvalue weighted by Gasteiger charge is 2.19. The van der Waals surface area contributed by atoms with Gasteiger partial charge in [0.1, 0.15) is 12.4 Å². The Bertz CT molecular complexity index is 753. The van der Waals surface area contributed by atoms with Gasteiger partial charge in [-0.1, -0.05) is 6.92 Å². The molecule has 26 heavy (non-hydrogen) atoms. The summed E-state index contributed by atoms with van der Waals surface area (Å²) in [5, 5.41) is 5.76. The maximum atomic E-state index is 12.0. The summed E-state index contributed by atoms with van der Waals surface area (Å²) < 4.78 is 10.7. The van der Waals surface area contributed by atoms with Gasteiger partial charge in [-0.15, -0.1) is 11.3 Å². The molecule has 0 atom stereocenters. The number of aromatic nitrogens is 1. The molecule has 0 fully saturated rings. The molecule has 0 unspecified atom stereocenters. The van der Waals surface area contributed by atoms with E-state index in [4.69, 9.17) is 9.47 Å². The molecule has 1 aromatic carbocycles. The minimum absolute atomic E-state index is 0.302. The lowest BCUT2D eigenvalue weighted by Crippen LogP contribution is -2.44. The number of amides is 1. The summed E-state index contributed by atoms with van der Waals surface area (Å²) in [5.74, 6) is -0.227. The Kier molecular flexibility index (Phi) is 6.74. The van der Waals surface area contributed by atoms with Gasteiger partial charge in [0.15, 0.2) is 6.61 Å². The van der Waals surface area contributed by atoms with Crippen LogP contribution in [0.2, 0.25) is 0 Å². The van der Waals surface area contributed by atoms with Crippen molar-refractivity contribution in [3.63, 3.8) is 0 Å². The molecule has 0 saturated carbocycles. The van der Waals surface area contributed by atoms with Crippen LogP contribution in [-0.4, -0.2) is 29.0 Å². The van der Waals surface area contributed by atoms with Crippen molar-refractivity contribution in [2.45, 2.75) is 46.3 Å². The van der Waals surface area contributed by atoms with E-state index in [9.17, 15) is 9.59 Å². The standard InChI is InChI=1S/C19H24N2O4S/c1-5-19(3,4)21-17(22)11-25-18(23)14-6-8-16(9-7-14)24-10-15-12-26-13(2)20-15/h6-9,12H,5,10-11H2,1-4H3,(H,21,22). The number of carbonyl (C=O) groups is 2. The molecule has 0 aliphatic heterocycles. The van der Waals surface area contributed by atoms with Gasteiger partial charge in [-0.3, -0.25) is 4.79 Å². The molecule has 1 N–H and O–H groups in total. The van der Waals surface area contributed by atoms with Gasteiger partial charge in [-0.2, -0.15) is 0 Å². The number of esters is 1. The van der Waals surface area contributed by atoms with Gasteiger partial charge in [0.05, 0.1) is 16.3 Å². The fraction of sp³-hybridized carbons (Fsp3) is 0.421. The molecule has 0 aliphatic rings. The van der Waals surface area contributed by atoms with E-state index < -0.39 is 5.97 Å². The van der Waals surface area contributed by atoms with E-state index in [0.29, 0.717) is 17.9 Å². The number of nitrogens with one attached hydrogen (secondary N) is 1. The Morgan fingerprint density at radius 3 is 2.50 bits per heavy atom. The zero-order valence-electron chi connectivity index (χ0n) is 15.5. The summed E-state index contributed by atoms with van der Waals surface area (Å²) in [6.45, 7) is 7.82. The molecule has 0 spiro atoms. The van der Waals surface area contributed by atoms with Crippen molar-refractivity contribution in [2.24, 2.45) is 0 Å². The molecule has 7 heteroatoms. The predicted octanol–water partition coefficient (Wildman–Crippen LogP) is 3.49. The zero-order valence-corrected chi connectivity index (χ0v) is 16.3. The topological polar surface area (TPSA) is 77.5 Å². The highest BCUT2D eigenvalue weighted by atomic mass is 32.1. The Morgan fingerprint density at radius 2 is 1.92 bits per heavy atom. The summed E-state index contributed by atoms with van der Waals surface area (Å²) in [4.78, 5) is 28.2. The zero-order chi connectivity index (χ0) is 19.2. The van der Waals surface area contributed by atoms with Crippen LogP contribution >= 0.6 is 11.3 Å². The van der Waals surface area contributed by atoms with Crippen molar-refractivity contribution in [1.29, 1.82) is 0 Å². The highest BCUT2D eigenvalue weighted by Crippen LogP contribution is 2.16. The summed E-state index contributed by atoms with van der Waals surface area (Å²) in [6, 6.07) is 6.60. The first-order valence-electron chi connectivity index (χ1n) is 8.41. The van der Waals surface area contributed by atoms with Crippen molar-refractivity contribution in [2.75, 3.05) is 6.61 Å². The molecule has 140 valence electrons. The third kappa shape index (κ3) is 6.15. The summed E-state index contributed by atoms with van der Waals surface area (Å²) in [6.07, 6.45) is 0.786. The number of hydrogen-bond acceptors (Lipinski definition) is 6. The predicted molar refractivity (Wildman–Crippen MR) is 100 cm³/mol. The van der Waals surface area contributed by atoms with Gasteiger partial charge in [0, 0.05) is 10.9 Å². The first kappa shape index (κ1) is 19.9. The fourth-order valence-corrected chi connectivity index (χ4v) is 2.63. The maximum Gasteiger partial charge on any atom is 0.338 e. The quantitative estimate of drug-likeness (QED) is 0.714. The molecule has 1 aromatic heterocycles. The van der Waals surface area contributed by atoms with Crippen LogP contribution in [0.15, 0.2) is 29.6 Å². The van der Waals surface area contributed by atoms with Gasteiger partial charge >= 0.3 is 5.97 Å². The lowest BCUT2D eigenvalue weighted by Gasteiger charge is -2.24. The molecule has 1 heterocycles. The molecule has 2 rings (SSSR count). The minimum Gasteiger partial charge on any atom is -0.487 e. The molecule has 0 saturated heterocycles. The lowest BCUT2D eigenvalue weighted by atomic mass is 10.0. The molecule has 0 radical (unpaired) electrons. The van der Waals surface area contributed by atoms with Crippen molar-refractivity contribution in [1.82, 2.24) is 10.3 Å². The van der Waals surface area contributed by atoms with Crippen LogP contribution in [0, 0.1) is 6.92 Å². The number of hydrogen-bond donors (Lipinski definition) is 1. The number of thiazole rings is 1. The third-order valence-corrected chi connectivity index (χ3v) is 4.66. The van der Waals surface area contributed by atoms with E-state index in [1.807, 2.05) is 33.1 Å².